The van der Waals surface area contributed by atoms with Gasteiger partial charge < -0.3 is 9.80 Å². The van der Waals surface area contributed by atoms with Gasteiger partial charge in [0.2, 0.25) is 5.91 Å². The number of carbonyl (C=O) groups excluding carboxylic acids is 1. The smallest absolute Gasteiger partial charge is 0.223 e. The summed E-state index contributed by atoms with van der Waals surface area (Å²) in [7, 11) is 0. The second-order valence-corrected chi connectivity index (χ2v) is 7.86. The topological polar surface area (TPSA) is 36.4 Å². The summed E-state index contributed by atoms with van der Waals surface area (Å²) in [5, 5.41) is 0.305. The molecular weight excluding hydrogens is 365 g/mol. The number of piperidine rings is 1. The van der Waals surface area contributed by atoms with E-state index in [0.717, 1.165) is 25.8 Å². The van der Waals surface area contributed by atoms with E-state index in [0.29, 0.717) is 42.8 Å². The third-order valence-corrected chi connectivity index (χ3v) is 5.86. The standard InChI is InChI=1S/C21H23ClFN3O/c22-18-12-19(23)21(24-13-18)25-8-5-15(6-9-25)11-20(27)26-10-7-16-3-1-2-4-17(16)14-26/h1-4,12-13,15H,5-11,14H2. The van der Waals surface area contributed by atoms with Crippen LogP contribution in [0.3, 0.4) is 0 Å². The molecule has 27 heavy (non-hydrogen) atoms. The molecule has 0 atom stereocenters. The fourth-order valence-corrected chi connectivity index (χ4v) is 4.22. The van der Waals surface area contributed by atoms with Crippen molar-refractivity contribution in [1.29, 1.82) is 0 Å². The van der Waals surface area contributed by atoms with E-state index >= 15 is 0 Å². The largest absolute Gasteiger partial charge is 0.354 e. The molecule has 1 amide bonds. The molecule has 1 aromatic heterocycles. The van der Waals surface area contributed by atoms with Crippen LogP contribution in [0.15, 0.2) is 36.5 Å². The zero-order valence-electron chi connectivity index (χ0n) is 15.2. The van der Waals surface area contributed by atoms with E-state index in [-0.39, 0.29) is 11.7 Å². The molecule has 1 saturated heterocycles. The number of fused-ring (bicyclic) bond motifs is 1. The first-order valence-electron chi connectivity index (χ1n) is 9.50. The average molecular weight is 388 g/mol. The van der Waals surface area contributed by atoms with Gasteiger partial charge >= 0.3 is 0 Å². The Morgan fingerprint density at radius 3 is 2.67 bits per heavy atom. The van der Waals surface area contributed by atoms with Gasteiger partial charge in [-0.15, -0.1) is 0 Å². The molecule has 0 N–H and O–H groups in total. The molecule has 0 unspecified atom stereocenters. The number of amides is 1. The van der Waals surface area contributed by atoms with Gasteiger partial charge in [0.25, 0.3) is 0 Å². The highest BCUT2D eigenvalue weighted by molar-refractivity contribution is 6.30. The van der Waals surface area contributed by atoms with Gasteiger partial charge in [0.05, 0.1) is 5.02 Å². The van der Waals surface area contributed by atoms with Crippen LogP contribution >= 0.6 is 11.6 Å². The van der Waals surface area contributed by atoms with Gasteiger partial charge in [-0.3, -0.25) is 4.79 Å². The Morgan fingerprint density at radius 1 is 1.19 bits per heavy atom. The van der Waals surface area contributed by atoms with E-state index in [9.17, 15) is 9.18 Å². The quantitative estimate of drug-likeness (QED) is 0.796. The van der Waals surface area contributed by atoms with Gasteiger partial charge in [0, 0.05) is 38.8 Å². The predicted molar refractivity (Wildman–Crippen MR) is 104 cm³/mol. The minimum Gasteiger partial charge on any atom is -0.354 e. The van der Waals surface area contributed by atoms with Gasteiger partial charge in [-0.1, -0.05) is 35.9 Å². The molecule has 0 radical (unpaired) electrons. The number of halogens is 2. The summed E-state index contributed by atoms with van der Waals surface area (Å²) in [6.07, 6.45) is 4.73. The van der Waals surface area contributed by atoms with Crippen LogP contribution < -0.4 is 4.90 Å². The Morgan fingerprint density at radius 2 is 1.93 bits per heavy atom. The van der Waals surface area contributed by atoms with E-state index in [4.69, 9.17) is 11.6 Å². The molecule has 0 bridgehead atoms. The summed E-state index contributed by atoms with van der Waals surface area (Å²) < 4.78 is 14.1. The maximum Gasteiger partial charge on any atom is 0.223 e. The Balaban J connectivity index is 1.31. The molecule has 1 aromatic carbocycles. The molecule has 1 fully saturated rings. The Hall–Kier alpha value is -2.14. The third kappa shape index (κ3) is 4.08. The number of benzene rings is 1. The van der Waals surface area contributed by atoms with Crippen LogP contribution in [-0.4, -0.2) is 35.4 Å². The zero-order chi connectivity index (χ0) is 18.8. The first kappa shape index (κ1) is 18.2. The molecule has 0 aliphatic carbocycles. The van der Waals surface area contributed by atoms with Crippen molar-refractivity contribution in [2.75, 3.05) is 24.5 Å². The van der Waals surface area contributed by atoms with Gasteiger partial charge in [0.1, 0.15) is 0 Å². The first-order chi connectivity index (χ1) is 13.1. The number of nitrogens with zero attached hydrogens (tertiary/aromatic N) is 3. The van der Waals surface area contributed by atoms with Crippen LogP contribution in [0.25, 0.3) is 0 Å². The average Bonchev–Trinajstić information content (AvgIpc) is 2.68. The van der Waals surface area contributed by atoms with Crippen LogP contribution in [0.4, 0.5) is 10.2 Å². The Labute approximate surface area is 163 Å². The second kappa shape index (κ2) is 7.85. The zero-order valence-corrected chi connectivity index (χ0v) is 16.0. The summed E-state index contributed by atoms with van der Waals surface area (Å²) in [6.45, 7) is 2.95. The first-order valence-corrected chi connectivity index (χ1v) is 9.88. The summed E-state index contributed by atoms with van der Waals surface area (Å²) in [5.41, 5.74) is 2.61. The number of pyridine rings is 1. The number of hydrogen-bond donors (Lipinski definition) is 0. The number of carbonyl (C=O) groups is 1. The molecular formula is C21H23ClFN3O. The molecule has 3 heterocycles. The van der Waals surface area contributed by atoms with Crippen LogP contribution in [0, 0.1) is 11.7 Å². The molecule has 2 aliphatic heterocycles. The highest BCUT2D eigenvalue weighted by Gasteiger charge is 2.27. The lowest BCUT2D eigenvalue weighted by molar-refractivity contribution is -0.133. The van der Waals surface area contributed by atoms with Gasteiger partial charge in [-0.25, -0.2) is 9.37 Å². The molecule has 4 rings (SSSR count). The lowest BCUT2D eigenvalue weighted by Gasteiger charge is -2.34. The Kier molecular flexibility index (Phi) is 5.30. The molecule has 6 heteroatoms. The number of hydrogen-bond acceptors (Lipinski definition) is 3. The molecule has 4 nitrogen and oxygen atoms in total. The van der Waals surface area contributed by atoms with Crippen LogP contribution in [-0.2, 0) is 17.8 Å². The number of rotatable bonds is 3. The van der Waals surface area contributed by atoms with Crippen LogP contribution in [0.2, 0.25) is 5.02 Å². The van der Waals surface area contributed by atoms with Crippen molar-refractivity contribution in [3.8, 4) is 0 Å². The van der Waals surface area contributed by atoms with Gasteiger partial charge in [0.15, 0.2) is 11.6 Å². The lowest BCUT2D eigenvalue weighted by atomic mass is 9.92. The van der Waals surface area contributed by atoms with E-state index in [1.54, 1.807) is 0 Å². The SMILES string of the molecule is O=C(CC1CCN(c2ncc(Cl)cc2F)CC1)N1CCc2ccccc2C1. The predicted octanol–water partition coefficient (Wildman–Crippen LogP) is 4.07. The van der Waals surface area contributed by atoms with Crippen molar-refractivity contribution < 1.29 is 9.18 Å². The van der Waals surface area contributed by atoms with Crippen LogP contribution in [0.1, 0.15) is 30.4 Å². The lowest BCUT2D eigenvalue weighted by Crippen LogP contribution is -2.39. The van der Waals surface area contributed by atoms with E-state index in [1.165, 1.54) is 23.4 Å². The minimum atomic E-state index is -0.385. The van der Waals surface area contributed by atoms with Gasteiger partial charge in [-0.05, 0) is 42.4 Å². The molecule has 142 valence electrons. The van der Waals surface area contributed by atoms with Crippen molar-refractivity contribution in [1.82, 2.24) is 9.88 Å². The van der Waals surface area contributed by atoms with Gasteiger partial charge in [-0.2, -0.15) is 0 Å². The highest BCUT2D eigenvalue weighted by atomic mass is 35.5. The molecule has 2 aromatic rings. The van der Waals surface area contributed by atoms with Crippen molar-refractivity contribution in [2.45, 2.75) is 32.2 Å². The third-order valence-electron chi connectivity index (χ3n) is 5.65. The summed E-state index contributed by atoms with van der Waals surface area (Å²) >= 11 is 5.78. The molecule has 2 aliphatic rings. The summed E-state index contributed by atoms with van der Waals surface area (Å²) in [5.74, 6) is 0.556. The van der Waals surface area contributed by atoms with Crippen LogP contribution in [0.5, 0.6) is 0 Å². The van der Waals surface area contributed by atoms with Crippen molar-refractivity contribution in [2.24, 2.45) is 5.92 Å². The summed E-state index contributed by atoms with van der Waals surface area (Å²) in [6, 6.07) is 9.65. The monoisotopic (exact) mass is 387 g/mol. The van der Waals surface area contributed by atoms with E-state index < -0.39 is 0 Å². The van der Waals surface area contributed by atoms with E-state index in [2.05, 4.69) is 23.2 Å². The molecule has 0 saturated carbocycles. The van der Waals surface area contributed by atoms with Crippen molar-refractivity contribution in [3.05, 3.63) is 58.5 Å². The molecule has 0 spiro atoms. The van der Waals surface area contributed by atoms with E-state index in [1.807, 2.05) is 15.9 Å². The highest BCUT2D eigenvalue weighted by Crippen LogP contribution is 2.28. The van der Waals surface area contributed by atoms with Crippen molar-refractivity contribution >= 4 is 23.3 Å². The number of anilines is 1. The Bertz CT molecular complexity index is 836. The minimum absolute atomic E-state index is 0.235. The van der Waals surface area contributed by atoms with Crippen molar-refractivity contribution in [3.63, 3.8) is 0 Å². The normalized spacial score (nSPS) is 17.7. The second-order valence-electron chi connectivity index (χ2n) is 7.43. The fraction of sp³-hybridized carbons (Fsp3) is 0.429. The maximum atomic E-state index is 14.1. The summed E-state index contributed by atoms with van der Waals surface area (Å²) in [4.78, 5) is 20.8. The number of aromatic nitrogens is 1. The maximum absolute atomic E-state index is 14.1. The fourth-order valence-electron chi connectivity index (χ4n) is 4.07.